The monoisotopic (exact) mass is 430 g/mol. The van der Waals surface area contributed by atoms with Gasteiger partial charge in [-0.05, 0) is 24.3 Å². The predicted molar refractivity (Wildman–Crippen MR) is 108 cm³/mol. The summed E-state index contributed by atoms with van der Waals surface area (Å²) < 4.78 is 25.9. The SMILES string of the molecule is CNC(=O)C(=NOC)c1c(F)cccc1Oc1cc(Oc2ccccc2Cl)ncn1. The van der Waals surface area contributed by atoms with Crippen LogP contribution in [0.4, 0.5) is 4.39 Å². The number of hydrogen-bond acceptors (Lipinski definition) is 7. The molecule has 8 nitrogen and oxygen atoms in total. The van der Waals surface area contributed by atoms with Crippen molar-refractivity contribution in [1.82, 2.24) is 15.3 Å². The minimum atomic E-state index is -0.728. The Balaban J connectivity index is 1.94. The van der Waals surface area contributed by atoms with Crippen LogP contribution in [0.2, 0.25) is 5.02 Å². The Bertz CT molecular complexity index is 1090. The quantitative estimate of drug-likeness (QED) is 0.450. The van der Waals surface area contributed by atoms with Crippen LogP contribution in [0.5, 0.6) is 23.3 Å². The van der Waals surface area contributed by atoms with Gasteiger partial charge in [0.1, 0.15) is 30.8 Å². The summed E-state index contributed by atoms with van der Waals surface area (Å²) in [6, 6.07) is 12.3. The smallest absolute Gasteiger partial charge is 0.273 e. The van der Waals surface area contributed by atoms with Gasteiger partial charge in [0.15, 0.2) is 5.71 Å². The molecule has 3 rings (SSSR count). The van der Waals surface area contributed by atoms with Crippen molar-refractivity contribution in [1.29, 1.82) is 0 Å². The first-order valence-corrected chi connectivity index (χ1v) is 8.95. The Hall–Kier alpha value is -3.72. The Kier molecular flexibility index (Phi) is 6.76. The molecule has 1 aromatic heterocycles. The zero-order valence-corrected chi connectivity index (χ0v) is 16.7. The second kappa shape index (κ2) is 9.66. The molecule has 1 heterocycles. The molecule has 154 valence electrons. The van der Waals surface area contributed by atoms with E-state index in [1.807, 2.05) is 0 Å². The van der Waals surface area contributed by atoms with E-state index in [-0.39, 0.29) is 28.8 Å². The molecule has 2 aromatic carbocycles. The van der Waals surface area contributed by atoms with Crippen molar-refractivity contribution in [2.45, 2.75) is 0 Å². The molecule has 0 bridgehead atoms. The van der Waals surface area contributed by atoms with Crippen molar-refractivity contribution in [2.24, 2.45) is 5.16 Å². The molecular weight excluding hydrogens is 415 g/mol. The van der Waals surface area contributed by atoms with Crippen LogP contribution in [0.1, 0.15) is 5.56 Å². The van der Waals surface area contributed by atoms with Crippen LogP contribution in [-0.4, -0.2) is 35.7 Å². The molecule has 0 saturated carbocycles. The molecule has 0 atom stereocenters. The average Bonchev–Trinajstić information content (AvgIpc) is 2.74. The van der Waals surface area contributed by atoms with E-state index >= 15 is 0 Å². The number of halogens is 2. The first-order chi connectivity index (χ1) is 14.5. The molecular formula is C20H16ClFN4O4. The zero-order valence-electron chi connectivity index (χ0n) is 15.9. The lowest BCUT2D eigenvalue weighted by Gasteiger charge is -2.13. The molecule has 0 unspecified atom stereocenters. The lowest BCUT2D eigenvalue weighted by atomic mass is 10.1. The van der Waals surface area contributed by atoms with Crippen molar-refractivity contribution in [3.05, 3.63) is 71.3 Å². The Morgan fingerprint density at radius 1 is 1.07 bits per heavy atom. The molecule has 0 saturated heterocycles. The van der Waals surface area contributed by atoms with Gasteiger partial charge in [-0.3, -0.25) is 4.79 Å². The Morgan fingerprint density at radius 3 is 2.40 bits per heavy atom. The van der Waals surface area contributed by atoms with Crippen LogP contribution in [0.25, 0.3) is 0 Å². The van der Waals surface area contributed by atoms with Gasteiger partial charge in [-0.2, -0.15) is 0 Å². The van der Waals surface area contributed by atoms with Crippen LogP contribution >= 0.6 is 11.6 Å². The summed E-state index contributed by atoms with van der Waals surface area (Å²) in [4.78, 5) is 24.8. The maximum Gasteiger partial charge on any atom is 0.273 e. The highest BCUT2D eigenvalue weighted by molar-refractivity contribution is 6.45. The van der Waals surface area contributed by atoms with E-state index in [1.165, 1.54) is 44.8 Å². The normalized spacial score (nSPS) is 11.0. The average molecular weight is 431 g/mol. The molecule has 0 radical (unpaired) electrons. The molecule has 30 heavy (non-hydrogen) atoms. The number of likely N-dealkylation sites (N-methyl/N-ethyl adjacent to an activating group) is 1. The van der Waals surface area contributed by atoms with Crippen molar-refractivity contribution in [3.63, 3.8) is 0 Å². The number of carbonyl (C=O) groups excluding carboxylic acids is 1. The van der Waals surface area contributed by atoms with Crippen LogP contribution < -0.4 is 14.8 Å². The molecule has 1 amide bonds. The van der Waals surface area contributed by atoms with Gasteiger partial charge < -0.3 is 19.6 Å². The number of amides is 1. The van der Waals surface area contributed by atoms with Gasteiger partial charge in [0.25, 0.3) is 5.91 Å². The molecule has 0 aliphatic rings. The summed E-state index contributed by atoms with van der Waals surface area (Å²) in [6.45, 7) is 0. The van der Waals surface area contributed by atoms with Crippen molar-refractivity contribution < 1.29 is 23.5 Å². The highest BCUT2D eigenvalue weighted by atomic mass is 35.5. The molecule has 10 heteroatoms. The largest absolute Gasteiger partial charge is 0.438 e. The van der Waals surface area contributed by atoms with Crippen LogP contribution in [0.3, 0.4) is 0 Å². The number of carbonyl (C=O) groups is 1. The minimum Gasteiger partial charge on any atom is -0.438 e. The standard InChI is InChI=1S/C20H16ClFN4O4/c1-23-20(27)19(26-28-2)18-13(22)7-5-9-15(18)30-17-10-16(24-11-25-17)29-14-8-4-3-6-12(14)21/h3-11H,1-2H3,(H,23,27). The third-order valence-electron chi connectivity index (χ3n) is 3.72. The third-order valence-corrected chi connectivity index (χ3v) is 4.03. The van der Waals surface area contributed by atoms with Gasteiger partial charge in [0, 0.05) is 7.05 Å². The van der Waals surface area contributed by atoms with Crippen LogP contribution in [0.15, 0.2) is 60.0 Å². The van der Waals surface area contributed by atoms with Gasteiger partial charge >= 0.3 is 0 Å². The number of rotatable bonds is 7. The summed E-state index contributed by atoms with van der Waals surface area (Å²) in [5.74, 6) is -0.789. The lowest BCUT2D eigenvalue weighted by molar-refractivity contribution is -0.114. The fourth-order valence-corrected chi connectivity index (χ4v) is 2.59. The van der Waals surface area contributed by atoms with E-state index in [2.05, 4.69) is 25.3 Å². The summed E-state index contributed by atoms with van der Waals surface area (Å²) in [5, 5.41) is 6.40. The second-order valence-electron chi connectivity index (χ2n) is 5.64. The zero-order chi connectivity index (χ0) is 21.5. The van der Waals surface area contributed by atoms with E-state index in [4.69, 9.17) is 21.1 Å². The van der Waals surface area contributed by atoms with Crippen LogP contribution in [-0.2, 0) is 9.63 Å². The Labute approximate surface area is 176 Å². The number of nitrogens with zero attached hydrogens (tertiary/aromatic N) is 3. The van der Waals surface area contributed by atoms with Gasteiger partial charge in [-0.1, -0.05) is 35.0 Å². The molecule has 0 spiro atoms. The fraction of sp³-hybridized carbons (Fsp3) is 0.100. The number of nitrogens with one attached hydrogen (secondary N) is 1. The van der Waals surface area contributed by atoms with Gasteiger partial charge in [0.2, 0.25) is 11.8 Å². The highest BCUT2D eigenvalue weighted by Gasteiger charge is 2.23. The minimum absolute atomic E-state index is 0.00297. The van der Waals surface area contributed by atoms with E-state index in [1.54, 1.807) is 24.3 Å². The first kappa shape index (κ1) is 21.0. The van der Waals surface area contributed by atoms with E-state index in [0.717, 1.165) is 0 Å². The number of hydrogen-bond donors (Lipinski definition) is 1. The number of benzene rings is 2. The second-order valence-corrected chi connectivity index (χ2v) is 6.05. The first-order valence-electron chi connectivity index (χ1n) is 8.58. The molecule has 0 fully saturated rings. The predicted octanol–water partition coefficient (Wildman–Crippen LogP) is 3.95. The maximum atomic E-state index is 14.6. The van der Waals surface area contributed by atoms with E-state index in [0.29, 0.717) is 10.8 Å². The third kappa shape index (κ3) is 4.81. The molecule has 0 aliphatic heterocycles. The number of ether oxygens (including phenoxy) is 2. The number of para-hydroxylation sites is 1. The highest BCUT2D eigenvalue weighted by Crippen LogP contribution is 2.31. The molecule has 1 N–H and O–H groups in total. The van der Waals surface area contributed by atoms with E-state index < -0.39 is 11.7 Å². The van der Waals surface area contributed by atoms with Crippen LogP contribution in [0, 0.1) is 5.82 Å². The summed E-state index contributed by atoms with van der Waals surface area (Å²) in [6.07, 6.45) is 1.21. The van der Waals surface area contributed by atoms with Gasteiger partial charge in [0.05, 0.1) is 16.7 Å². The summed E-state index contributed by atoms with van der Waals surface area (Å²) in [5.41, 5.74) is -0.486. The summed E-state index contributed by atoms with van der Waals surface area (Å²) in [7, 11) is 2.63. The van der Waals surface area contributed by atoms with Crippen molar-refractivity contribution in [3.8, 4) is 23.3 Å². The van der Waals surface area contributed by atoms with Gasteiger partial charge in [-0.25, -0.2) is 14.4 Å². The fourth-order valence-electron chi connectivity index (χ4n) is 2.42. The number of aromatic nitrogens is 2. The topological polar surface area (TPSA) is 94.9 Å². The van der Waals surface area contributed by atoms with Crippen molar-refractivity contribution in [2.75, 3.05) is 14.2 Å². The van der Waals surface area contributed by atoms with E-state index in [9.17, 15) is 9.18 Å². The number of oxime groups is 1. The Morgan fingerprint density at radius 2 is 1.73 bits per heavy atom. The molecule has 3 aromatic rings. The van der Waals surface area contributed by atoms with Gasteiger partial charge in [-0.15, -0.1) is 0 Å². The van der Waals surface area contributed by atoms with Crippen molar-refractivity contribution >= 4 is 23.2 Å². The maximum absolute atomic E-state index is 14.6. The lowest BCUT2D eigenvalue weighted by Crippen LogP contribution is -2.29. The molecule has 0 aliphatic carbocycles. The summed E-state index contributed by atoms with van der Waals surface area (Å²) >= 11 is 6.09.